The lowest BCUT2D eigenvalue weighted by atomic mass is 9.76. The molecule has 0 saturated heterocycles. The SMILES string of the molecule is C[C@H]1CC[C@H](CC[C@H]2CC[C@H](C=CCC(=O)O)CC2)CC1. The van der Waals surface area contributed by atoms with E-state index in [-0.39, 0.29) is 6.42 Å². The molecule has 0 aromatic heterocycles. The molecule has 0 unspecified atom stereocenters. The van der Waals surface area contributed by atoms with Crippen molar-refractivity contribution in [3.63, 3.8) is 0 Å². The maximum absolute atomic E-state index is 10.5. The molecule has 0 radical (unpaired) electrons. The van der Waals surface area contributed by atoms with E-state index in [0.717, 1.165) is 17.8 Å². The van der Waals surface area contributed by atoms with E-state index in [1.807, 2.05) is 6.08 Å². The molecule has 2 heteroatoms. The molecule has 0 aromatic carbocycles. The summed E-state index contributed by atoms with van der Waals surface area (Å²) in [6.07, 6.45) is 18.1. The molecule has 0 aliphatic heterocycles. The van der Waals surface area contributed by atoms with Crippen LogP contribution in [-0.4, -0.2) is 11.1 Å². The van der Waals surface area contributed by atoms with Crippen molar-refractivity contribution in [1.82, 2.24) is 0 Å². The molecule has 0 aromatic rings. The first kappa shape index (κ1) is 16.6. The highest BCUT2D eigenvalue weighted by molar-refractivity contribution is 5.68. The van der Waals surface area contributed by atoms with Crippen molar-refractivity contribution in [2.24, 2.45) is 23.7 Å². The van der Waals surface area contributed by atoms with Gasteiger partial charge in [0.15, 0.2) is 0 Å². The van der Waals surface area contributed by atoms with Gasteiger partial charge in [-0.1, -0.05) is 57.6 Å². The molecule has 21 heavy (non-hydrogen) atoms. The summed E-state index contributed by atoms with van der Waals surface area (Å²) < 4.78 is 0. The fourth-order valence-electron chi connectivity index (χ4n) is 4.12. The lowest BCUT2D eigenvalue weighted by molar-refractivity contribution is -0.136. The number of carbonyl (C=O) groups is 1. The molecular formula is C19H32O2. The van der Waals surface area contributed by atoms with Crippen LogP contribution < -0.4 is 0 Å². The third-order valence-corrected chi connectivity index (χ3v) is 5.71. The Hall–Kier alpha value is -0.790. The zero-order valence-corrected chi connectivity index (χ0v) is 13.6. The summed E-state index contributed by atoms with van der Waals surface area (Å²) in [5.74, 6) is 2.83. The number of aliphatic carboxylic acids is 1. The van der Waals surface area contributed by atoms with Crippen molar-refractivity contribution in [3.8, 4) is 0 Å². The van der Waals surface area contributed by atoms with Crippen LogP contribution in [-0.2, 0) is 4.79 Å². The lowest BCUT2D eigenvalue weighted by Gasteiger charge is -2.30. The second kappa shape index (κ2) is 8.60. The molecule has 1 N–H and O–H groups in total. The largest absolute Gasteiger partial charge is 0.481 e. The average Bonchev–Trinajstić information content (AvgIpc) is 2.48. The summed E-state index contributed by atoms with van der Waals surface area (Å²) in [5, 5.41) is 8.64. The van der Waals surface area contributed by atoms with Crippen LogP contribution in [0.3, 0.4) is 0 Å². The van der Waals surface area contributed by atoms with Gasteiger partial charge in [-0.2, -0.15) is 0 Å². The van der Waals surface area contributed by atoms with Crippen molar-refractivity contribution >= 4 is 5.97 Å². The van der Waals surface area contributed by atoms with Crippen LogP contribution in [0.5, 0.6) is 0 Å². The summed E-state index contributed by atoms with van der Waals surface area (Å²) in [6.45, 7) is 2.40. The Morgan fingerprint density at radius 3 is 2.00 bits per heavy atom. The summed E-state index contributed by atoms with van der Waals surface area (Å²) >= 11 is 0. The Bertz CT molecular complexity index is 331. The van der Waals surface area contributed by atoms with Gasteiger partial charge in [0.1, 0.15) is 0 Å². The number of rotatable bonds is 6. The van der Waals surface area contributed by atoms with Crippen LogP contribution in [0.15, 0.2) is 12.2 Å². The van der Waals surface area contributed by atoms with Crippen molar-refractivity contribution in [2.45, 2.75) is 77.6 Å². The molecule has 0 amide bonds. The number of allylic oxidation sites excluding steroid dienone is 1. The predicted octanol–water partition coefficient (Wildman–Crippen LogP) is 5.43. The second-order valence-corrected chi connectivity index (χ2v) is 7.51. The number of carboxylic acids is 1. The van der Waals surface area contributed by atoms with E-state index in [2.05, 4.69) is 13.0 Å². The average molecular weight is 292 g/mol. The minimum Gasteiger partial charge on any atom is -0.481 e. The van der Waals surface area contributed by atoms with Gasteiger partial charge in [-0.25, -0.2) is 0 Å². The standard InChI is InChI=1S/C19H32O2/c1-15-5-7-17(8-6-15)13-14-18-11-9-16(10-12-18)3-2-4-19(20)21/h2-3,15-18H,4-14H2,1H3,(H,20,21)/t15-,16-,17-,18-. The second-order valence-electron chi connectivity index (χ2n) is 7.51. The van der Waals surface area contributed by atoms with Gasteiger partial charge in [0.05, 0.1) is 6.42 Å². The maximum Gasteiger partial charge on any atom is 0.307 e. The number of carboxylic acid groups (broad SMARTS) is 1. The first-order valence-electron chi connectivity index (χ1n) is 9.02. The summed E-state index contributed by atoms with van der Waals surface area (Å²) in [6, 6.07) is 0. The molecule has 2 fully saturated rings. The molecule has 0 bridgehead atoms. The number of hydrogen-bond donors (Lipinski definition) is 1. The molecule has 2 rings (SSSR count). The van der Waals surface area contributed by atoms with Gasteiger partial charge < -0.3 is 5.11 Å². The molecular weight excluding hydrogens is 260 g/mol. The van der Waals surface area contributed by atoms with Gasteiger partial charge in [-0.15, -0.1) is 0 Å². The van der Waals surface area contributed by atoms with Crippen LogP contribution in [0, 0.1) is 23.7 Å². The zero-order valence-electron chi connectivity index (χ0n) is 13.6. The smallest absolute Gasteiger partial charge is 0.307 e. The Kier molecular flexibility index (Phi) is 6.79. The summed E-state index contributed by atoms with van der Waals surface area (Å²) in [5.41, 5.74) is 0. The fraction of sp³-hybridized carbons (Fsp3) is 0.842. The first-order valence-corrected chi connectivity index (χ1v) is 9.02. The molecule has 0 atom stereocenters. The highest BCUT2D eigenvalue weighted by atomic mass is 16.4. The zero-order chi connectivity index (χ0) is 15.1. The van der Waals surface area contributed by atoms with E-state index in [0.29, 0.717) is 5.92 Å². The van der Waals surface area contributed by atoms with E-state index in [9.17, 15) is 4.79 Å². The molecule has 0 heterocycles. The molecule has 2 nitrogen and oxygen atoms in total. The van der Waals surface area contributed by atoms with Crippen LogP contribution in [0.2, 0.25) is 0 Å². The third-order valence-electron chi connectivity index (χ3n) is 5.71. The van der Waals surface area contributed by atoms with Gasteiger partial charge in [0.2, 0.25) is 0 Å². The van der Waals surface area contributed by atoms with E-state index >= 15 is 0 Å². The molecule has 2 aliphatic rings. The third kappa shape index (κ3) is 6.23. The van der Waals surface area contributed by atoms with Crippen molar-refractivity contribution in [1.29, 1.82) is 0 Å². The highest BCUT2D eigenvalue weighted by Gasteiger charge is 2.22. The monoisotopic (exact) mass is 292 g/mol. The highest BCUT2D eigenvalue weighted by Crippen LogP contribution is 2.36. The van der Waals surface area contributed by atoms with Gasteiger partial charge in [0, 0.05) is 0 Å². The minimum absolute atomic E-state index is 0.181. The van der Waals surface area contributed by atoms with Crippen LogP contribution >= 0.6 is 0 Å². The first-order chi connectivity index (χ1) is 10.1. The number of hydrogen-bond acceptors (Lipinski definition) is 1. The van der Waals surface area contributed by atoms with E-state index in [1.54, 1.807) is 0 Å². The Labute approximate surface area is 130 Å². The predicted molar refractivity (Wildman–Crippen MR) is 87.2 cm³/mol. The quantitative estimate of drug-likeness (QED) is 0.663. The molecule has 120 valence electrons. The molecule has 0 spiro atoms. The fourth-order valence-corrected chi connectivity index (χ4v) is 4.12. The Morgan fingerprint density at radius 1 is 0.952 bits per heavy atom. The van der Waals surface area contributed by atoms with E-state index in [4.69, 9.17) is 5.11 Å². The van der Waals surface area contributed by atoms with E-state index < -0.39 is 5.97 Å². The van der Waals surface area contributed by atoms with Crippen molar-refractivity contribution < 1.29 is 9.90 Å². The van der Waals surface area contributed by atoms with Gasteiger partial charge in [-0.3, -0.25) is 4.79 Å². The summed E-state index contributed by atoms with van der Waals surface area (Å²) in [4.78, 5) is 10.5. The van der Waals surface area contributed by atoms with Gasteiger partial charge in [-0.05, 0) is 49.4 Å². The van der Waals surface area contributed by atoms with Crippen LogP contribution in [0.4, 0.5) is 0 Å². The Morgan fingerprint density at radius 2 is 1.48 bits per heavy atom. The maximum atomic E-state index is 10.5. The normalized spacial score (nSPS) is 34.1. The molecule has 2 aliphatic carbocycles. The van der Waals surface area contributed by atoms with Gasteiger partial charge in [0.25, 0.3) is 0 Å². The Balaban J connectivity index is 1.58. The van der Waals surface area contributed by atoms with Gasteiger partial charge >= 0.3 is 5.97 Å². The van der Waals surface area contributed by atoms with Crippen molar-refractivity contribution in [3.05, 3.63) is 12.2 Å². The van der Waals surface area contributed by atoms with Crippen LogP contribution in [0.25, 0.3) is 0 Å². The van der Waals surface area contributed by atoms with Crippen molar-refractivity contribution in [2.75, 3.05) is 0 Å². The van der Waals surface area contributed by atoms with E-state index in [1.165, 1.54) is 64.2 Å². The minimum atomic E-state index is -0.721. The topological polar surface area (TPSA) is 37.3 Å². The van der Waals surface area contributed by atoms with Crippen LogP contribution in [0.1, 0.15) is 77.6 Å². The lowest BCUT2D eigenvalue weighted by Crippen LogP contribution is -2.16. The summed E-state index contributed by atoms with van der Waals surface area (Å²) in [7, 11) is 0. The molecule has 2 saturated carbocycles.